The average molecular weight is 561 g/mol. The average Bonchev–Trinajstić information content (AvgIpc) is 3.54. The van der Waals surface area contributed by atoms with Crippen LogP contribution in [0.25, 0.3) is 11.4 Å². The first-order valence-electron chi connectivity index (χ1n) is 15.1. The summed E-state index contributed by atoms with van der Waals surface area (Å²) in [5.74, 6) is 2.00. The Morgan fingerprint density at radius 3 is 1.60 bits per heavy atom. The summed E-state index contributed by atoms with van der Waals surface area (Å²) in [6.45, 7) is 5.69. The normalized spacial score (nSPS) is 11.4. The van der Waals surface area contributed by atoms with Gasteiger partial charge in [0.05, 0.1) is 13.2 Å². The summed E-state index contributed by atoms with van der Waals surface area (Å²) in [5.41, 5.74) is 3.14. The Labute approximate surface area is 249 Å². The number of rotatable bonds is 15. The van der Waals surface area contributed by atoms with Crippen LogP contribution in [-0.4, -0.2) is 33.4 Å². The van der Waals surface area contributed by atoms with E-state index in [1.165, 1.54) is 0 Å². The summed E-state index contributed by atoms with van der Waals surface area (Å²) in [6.07, 6.45) is 6.58. The van der Waals surface area contributed by atoms with Gasteiger partial charge in [-0.05, 0) is 52.9 Å². The predicted octanol–water partition coefficient (Wildman–Crippen LogP) is 8.32. The van der Waals surface area contributed by atoms with Crippen LogP contribution in [0.15, 0.2) is 109 Å². The molecule has 0 aliphatic carbocycles. The number of benzene rings is 4. The maximum Gasteiger partial charge on any atom is 0.205 e. The van der Waals surface area contributed by atoms with Gasteiger partial charge in [0.15, 0.2) is 17.0 Å². The zero-order chi connectivity index (χ0) is 29.0. The topological polar surface area (TPSA) is 62.1 Å². The molecule has 0 bridgehead atoms. The standard InChI is InChI=1S/C36H40N4O2/c1-3-5-16-26-41-33-25-24-29(28-34(33)42-27-17-6-4-2)35-37-39-40(38-35)36(30-18-10-7-11-19-30,31-20-12-8-13-21-31)32-22-14-9-15-23-32/h7-15,18-25,28H,3-6,16-17,26-27H2,1-2H3. The van der Waals surface area contributed by atoms with E-state index in [1.54, 1.807) is 4.80 Å². The van der Waals surface area contributed by atoms with Crippen molar-refractivity contribution in [2.24, 2.45) is 0 Å². The van der Waals surface area contributed by atoms with Crippen molar-refractivity contribution in [3.05, 3.63) is 126 Å². The Hall–Kier alpha value is -4.45. The van der Waals surface area contributed by atoms with Crippen molar-refractivity contribution in [3.8, 4) is 22.9 Å². The van der Waals surface area contributed by atoms with Gasteiger partial charge in [0.25, 0.3) is 0 Å². The van der Waals surface area contributed by atoms with Gasteiger partial charge in [-0.2, -0.15) is 0 Å². The summed E-state index contributed by atoms with van der Waals surface area (Å²) in [5, 5.41) is 14.3. The molecule has 0 atom stereocenters. The molecule has 6 heteroatoms. The van der Waals surface area contributed by atoms with E-state index in [-0.39, 0.29) is 0 Å². The fraction of sp³-hybridized carbons (Fsp3) is 0.306. The fourth-order valence-corrected chi connectivity index (χ4v) is 5.30. The summed E-state index contributed by atoms with van der Waals surface area (Å²) in [4.78, 5) is 1.75. The molecule has 0 radical (unpaired) electrons. The van der Waals surface area contributed by atoms with Gasteiger partial charge in [-0.25, -0.2) is 0 Å². The SMILES string of the molecule is CCCCCOc1ccc(-c2nnn(C(c3ccccc3)(c3ccccc3)c3ccccc3)n2)cc1OCCCCC. The fourth-order valence-electron chi connectivity index (χ4n) is 5.30. The lowest BCUT2D eigenvalue weighted by Gasteiger charge is -2.34. The van der Waals surface area contributed by atoms with Gasteiger partial charge in [-0.15, -0.1) is 15.0 Å². The minimum atomic E-state index is -0.823. The molecule has 0 fully saturated rings. The van der Waals surface area contributed by atoms with Crippen LogP contribution in [0.2, 0.25) is 0 Å². The zero-order valence-electron chi connectivity index (χ0n) is 24.7. The lowest BCUT2D eigenvalue weighted by molar-refractivity contribution is 0.260. The first kappa shape index (κ1) is 29.1. The number of aromatic nitrogens is 4. The third-order valence-electron chi connectivity index (χ3n) is 7.50. The Bertz CT molecular complexity index is 1410. The number of tetrazole rings is 1. The highest BCUT2D eigenvalue weighted by molar-refractivity contribution is 5.61. The molecule has 0 amide bonds. The van der Waals surface area contributed by atoms with E-state index in [4.69, 9.17) is 14.6 Å². The molecular formula is C36H40N4O2. The number of unbranched alkanes of at least 4 members (excludes halogenated alkanes) is 4. The molecular weight excluding hydrogens is 520 g/mol. The van der Waals surface area contributed by atoms with E-state index in [9.17, 15) is 0 Å². The van der Waals surface area contributed by atoms with Gasteiger partial charge in [-0.3, -0.25) is 0 Å². The van der Waals surface area contributed by atoms with Crippen LogP contribution < -0.4 is 9.47 Å². The molecule has 1 heterocycles. The highest BCUT2D eigenvalue weighted by Gasteiger charge is 2.41. The molecule has 0 N–H and O–H groups in total. The van der Waals surface area contributed by atoms with Crippen molar-refractivity contribution in [2.75, 3.05) is 13.2 Å². The van der Waals surface area contributed by atoms with Crippen LogP contribution in [0.5, 0.6) is 11.5 Å². The molecule has 0 saturated carbocycles. The van der Waals surface area contributed by atoms with Gasteiger partial charge in [0.1, 0.15) is 0 Å². The molecule has 216 valence electrons. The smallest absolute Gasteiger partial charge is 0.205 e. The molecule has 6 nitrogen and oxygen atoms in total. The maximum atomic E-state index is 6.23. The monoisotopic (exact) mass is 560 g/mol. The zero-order valence-corrected chi connectivity index (χ0v) is 24.7. The molecule has 5 rings (SSSR count). The second kappa shape index (κ2) is 14.4. The lowest BCUT2D eigenvalue weighted by Crippen LogP contribution is -2.39. The molecule has 0 aliphatic rings. The number of hydrogen-bond acceptors (Lipinski definition) is 5. The molecule has 0 unspecified atom stereocenters. The Morgan fingerprint density at radius 1 is 0.595 bits per heavy atom. The van der Waals surface area contributed by atoms with Crippen LogP contribution >= 0.6 is 0 Å². The van der Waals surface area contributed by atoms with E-state index >= 15 is 0 Å². The first-order valence-corrected chi connectivity index (χ1v) is 15.1. The van der Waals surface area contributed by atoms with E-state index in [2.05, 4.69) is 97.0 Å². The number of hydrogen-bond donors (Lipinski definition) is 0. The number of ether oxygens (including phenoxy) is 2. The Balaban J connectivity index is 1.57. The van der Waals surface area contributed by atoms with Crippen LogP contribution in [0, 0.1) is 0 Å². The minimum Gasteiger partial charge on any atom is -0.490 e. The Kier molecular flexibility index (Phi) is 9.99. The van der Waals surface area contributed by atoms with Gasteiger partial charge in [0, 0.05) is 5.56 Å². The van der Waals surface area contributed by atoms with Crippen LogP contribution in [0.4, 0.5) is 0 Å². The van der Waals surface area contributed by atoms with Crippen LogP contribution in [0.1, 0.15) is 69.1 Å². The summed E-state index contributed by atoms with van der Waals surface area (Å²) < 4.78 is 12.4. The maximum absolute atomic E-state index is 6.23. The van der Waals surface area contributed by atoms with E-state index in [1.807, 2.05) is 36.4 Å². The van der Waals surface area contributed by atoms with E-state index in [0.717, 1.165) is 72.3 Å². The molecule has 5 aromatic rings. The quantitative estimate of drug-likeness (QED) is 0.0952. The molecule has 0 spiro atoms. The molecule has 0 saturated heterocycles. The van der Waals surface area contributed by atoms with Crippen molar-refractivity contribution in [1.82, 2.24) is 20.2 Å². The second-order valence-corrected chi connectivity index (χ2v) is 10.5. The van der Waals surface area contributed by atoms with Gasteiger partial charge < -0.3 is 9.47 Å². The number of nitrogens with zero attached hydrogens (tertiary/aromatic N) is 4. The predicted molar refractivity (Wildman–Crippen MR) is 168 cm³/mol. The van der Waals surface area contributed by atoms with Gasteiger partial charge in [0.2, 0.25) is 5.82 Å². The largest absolute Gasteiger partial charge is 0.490 e. The molecule has 1 aromatic heterocycles. The second-order valence-electron chi connectivity index (χ2n) is 10.5. The minimum absolute atomic E-state index is 0.526. The van der Waals surface area contributed by atoms with Crippen molar-refractivity contribution >= 4 is 0 Å². The summed E-state index contributed by atoms with van der Waals surface area (Å²) >= 11 is 0. The van der Waals surface area contributed by atoms with E-state index in [0.29, 0.717) is 19.0 Å². The van der Waals surface area contributed by atoms with Crippen LogP contribution in [0.3, 0.4) is 0 Å². The van der Waals surface area contributed by atoms with Gasteiger partial charge in [-0.1, -0.05) is 131 Å². The summed E-state index contributed by atoms with van der Waals surface area (Å²) in [6, 6.07) is 37.1. The van der Waals surface area contributed by atoms with Crippen molar-refractivity contribution < 1.29 is 9.47 Å². The highest BCUT2D eigenvalue weighted by Crippen LogP contribution is 2.40. The molecule has 0 aliphatic heterocycles. The third-order valence-corrected chi connectivity index (χ3v) is 7.50. The molecule has 42 heavy (non-hydrogen) atoms. The third kappa shape index (κ3) is 6.38. The highest BCUT2D eigenvalue weighted by atomic mass is 16.5. The van der Waals surface area contributed by atoms with Gasteiger partial charge >= 0.3 is 0 Å². The molecule has 4 aromatic carbocycles. The summed E-state index contributed by atoms with van der Waals surface area (Å²) in [7, 11) is 0. The Morgan fingerprint density at radius 2 is 1.10 bits per heavy atom. The first-order chi connectivity index (χ1) is 20.8. The van der Waals surface area contributed by atoms with E-state index < -0.39 is 5.54 Å². The van der Waals surface area contributed by atoms with Crippen molar-refractivity contribution in [1.29, 1.82) is 0 Å². The van der Waals surface area contributed by atoms with Crippen LogP contribution in [-0.2, 0) is 5.54 Å². The van der Waals surface area contributed by atoms with Crippen molar-refractivity contribution in [2.45, 2.75) is 57.9 Å². The van der Waals surface area contributed by atoms with Crippen molar-refractivity contribution in [3.63, 3.8) is 0 Å². The lowest BCUT2D eigenvalue weighted by atomic mass is 9.77.